The molecule has 26 heavy (non-hydrogen) atoms. The molecule has 0 aliphatic carbocycles. The van der Waals surface area contributed by atoms with Crippen LogP contribution >= 0.6 is 0 Å². The Morgan fingerprint density at radius 3 is 2.81 bits per heavy atom. The van der Waals surface area contributed by atoms with Gasteiger partial charge in [0.15, 0.2) is 0 Å². The number of hydrogen-bond donors (Lipinski definition) is 0. The highest BCUT2D eigenvalue weighted by molar-refractivity contribution is 5.92. The average Bonchev–Trinajstić information content (AvgIpc) is 2.87. The minimum atomic E-state index is 0.0200. The molecule has 6 nitrogen and oxygen atoms in total. The zero-order valence-electron chi connectivity index (χ0n) is 15.9. The number of amides is 1. The lowest BCUT2D eigenvalue weighted by Gasteiger charge is -2.27. The van der Waals surface area contributed by atoms with Gasteiger partial charge in [-0.15, -0.1) is 0 Å². The number of nitrogens with zero attached hydrogens (tertiary/aromatic N) is 5. The molecule has 6 heteroatoms. The number of rotatable bonds is 4. The Hall–Kier alpha value is -2.34. The lowest BCUT2D eigenvalue weighted by Crippen LogP contribution is -2.35. The Balaban J connectivity index is 1.61. The molecule has 0 aromatic carbocycles. The average molecular weight is 353 g/mol. The second-order valence-corrected chi connectivity index (χ2v) is 7.05. The third-order valence-corrected chi connectivity index (χ3v) is 4.93. The minimum Gasteiger partial charge on any atom is -0.337 e. The fourth-order valence-corrected chi connectivity index (χ4v) is 3.59. The third-order valence-electron chi connectivity index (χ3n) is 4.93. The molecule has 2 aromatic rings. The summed E-state index contributed by atoms with van der Waals surface area (Å²) in [5.41, 5.74) is 2.43. The first kappa shape index (κ1) is 18.5. The normalized spacial score (nSPS) is 18.0. The van der Waals surface area contributed by atoms with Crippen molar-refractivity contribution in [3.63, 3.8) is 0 Å². The van der Waals surface area contributed by atoms with Gasteiger partial charge in [-0.25, -0.2) is 9.97 Å². The van der Waals surface area contributed by atoms with Crippen molar-refractivity contribution in [3.8, 4) is 0 Å². The van der Waals surface area contributed by atoms with Crippen LogP contribution in [0.3, 0.4) is 0 Å². The molecule has 0 saturated carbocycles. The predicted molar refractivity (Wildman–Crippen MR) is 101 cm³/mol. The molecule has 138 valence electrons. The number of hydrogen-bond acceptors (Lipinski definition) is 5. The number of aromatic nitrogens is 3. The molecule has 0 unspecified atom stereocenters. The van der Waals surface area contributed by atoms with E-state index in [-0.39, 0.29) is 5.91 Å². The van der Waals surface area contributed by atoms with E-state index in [2.05, 4.69) is 33.0 Å². The molecule has 1 atom stereocenters. The van der Waals surface area contributed by atoms with Gasteiger partial charge in [0.2, 0.25) is 0 Å². The second kappa shape index (κ2) is 8.36. The highest BCUT2D eigenvalue weighted by Crippen LogP contribution is 2.19. The van der Waals surface area contributed by atoms with Crippen molar-refractivity contribution in [2.24, 2.45) is 0 Å². The van der Waals surface area contributed by atoms with Crippen LogP contribution in [0.4, 0.5) is 0 Å². The number of carbonyl (C=O) groups excluding carboxylic acids is 1. The summed E-state index contributed by atoms with van der Waals surface area (Å²) in [5.74, 6) is 0.669. The Labute approximate surface area is 155 Å². The maximum Gasteiger partial charge on any atom is 0.272 e. The molecule has 0 spiro atoms. The molecule has 3 heterocycles. The van der Waals surface area contributed by atoms with Crippen LogP contribution in [0.2, 0.25) is 0 Å². The molecule has 1 amide bonds. The lowest BCUT2D eigenvalue weighted by molar-refractivity contribution is 0.0750. The number of likely N-dealkylation sites (tertiary alicyclic amines) is 1. The van der Waals surface area contributed by atoms with Crippen molar-refractivity contribution in [1.82, 2.24) is 24.8 Å². The molecule has 1 saturated heterocycles. The number of pyridine rings is 1. The Morgan fingerprint density at radius 1 is 1.23 bits per heavy atom. The maximum absolute atomic E-state index is 12.8. The molecular formula is C20H27N5O. The van der Waals surface area contributed by atoms with E-state index < -0.39 is 0 Å². The van der Waals surface area contributed by atoms with Crippen molar-refractivity contribution in [1.29, 1.82) is 0 Å². The molecular weight excluding hydrogens is 326 g/mol. The van der Waals surface area contributed by atoms with Crippen molar-refractivity contribution in [2.45, 2.75) is 45.7 Å². The number of carbonyl (C=O) groups is 1. The van der Waals surface area contributed by atoms with Crippen molar-refractivity contribution in [2.75, 3.05) is 20.1 Å². The van der Waals surface area contributed by atoms with E-state index in [9.17, 15) is 4.79 Å². The standard InChI is InChI=1S/C20H27N5O/c1-15-13-19(23-16(2)22-15)20(26)25-11-6-8-18(9-12-25)24(3)14-17-7-4-5-10-21-17/h4-5,7,10,13,18H,6,8-9,11-12,14H2,1-3H3/t18-/m0/s1. The fourth-order valence-electron chi connectivity index (χ4n) is 3.59. The van der Waals surface area contributed by atoms with E-state index in [0.717, 1.165) is 50.3 Å². The highest BCUT2D eigenvalue weighted by atomic mass is 16.2. The lowest BCUT2D eigenvalue weighted by atomic mass is 10.1. The minimum absolute atomic E-state index is 0.0200. The summed E-state index contributed by atoms with van der Waals surface area (Å²) in [4.78, 5) is 30.1. The monoisotopic (exact) mass is 353 g/mol. The van der Waals surface area contributed by atoms with E-state index >= 15 is 0 Å². The third kappa shape index (κ3) is 4.64. The molecule has 1 fully saturated rings. The van der Waals surface area contributed by atoms with Crippen LogP contribution in [-0.4, -0.2) is 56.8 Å². The topological polar surface area (TPSA) is 62.2 Å². The van der Waals surface area contributed by atoms with Crippen LogP contribution in [0.5, 0.6) is 0 Å². The summed E-state index contributed by atoms with van der Waals surface area (Å²) < 4.78 is 0. The van der Waals surface area contributed by atoms with Crippen molar-refractivity contribution in [3.05, 3.63) is 53.4 Å². The SMILES string of the molecule is Cc1cc(C(=O)N2CCC[C@H](N(C)Cc3ccccn3)CC2)nc(C)n1. The first-order chi connectivity index (χ1) is 12.5. The fraction of sp³-hybridized carbons (Fsp3) is 0.500. The predicted octanol–water partition coefficient (Wildman–Crippen LogP) is 2.62. The van der Waals surface area contributed by atoms with Gasteiger partial charge in [0.25, 0.3) is 5.91 Å². The van der Waals surface area contributed by atoms with E-state index in [1.54, 1.807) is 6.07 Å². The van der Waals surface area contributed by atoms with E-state index in [1.165, 1.54) is 0 Å². The summed E-state index contributed by atoms with van der Waals surface area (Å²) in [6.07, 6.45) is 4.90. The molecule has 0 radical (unpaired) electrons. The largest absolute Gasteiger partial charge is 0.337 e. The van der Waals surface area contributed by atoms with Gasteiger partial charge in [0.05, 0.1) is 5.69 Å². The first-order valence-corrected chi connectivity index (χ1v) is 9.24. The van der Waals surface area contributed by atoms with Gasteiger partial charge < -0.3 is 4.90 Å². The van der Waals surface area contributed by atoms with Crippen molar-refractivity contribution >= 4 is 5.91 Å². The van der Waals surface area contributed by atoms with Crippen LogP contribution in [0.25, 0.3) is 0 Å². The summed E-state index contributed by atoms with van der Waals surface area (Å²) in [6.45, 7) is 6.11. The zero-order valence-corrected chi connectivity index (χ0v) is 15.9. The van der Waals surface area contributed by atoms with E-state index in [4.69, 9.17) is 0 Å². The smallest absolute Gasteiger partial charge is 0.272 e. The van der Waals surface area contributed by atoms with Gasteiger partial charge in [-0.05, 0) is 58.4 Å². The number of aryl methyl sites for hydroxylation is 2. The van der Waals surface area contributed by atoms with Gasteiger partial charge in [0, 0.05) is 37.6 Å². The van der Waals surface area contributed by atoms with E-state index in [1.807, 2.05) is 37.1 Å². The van der Waals surface area contributed by atoms with E-state index in [0.29, 0.717) is 17.6 Å². The summed E-state index contributed by atoms with van der Waals surface area (Å²) >= 11 is 0. The Morgan fingerprint density at radius 2 is 2.08 bits per heavy atom. The van der Waals surface area contributed by atoms with Crippen LogP contribution in [0, 0.1) is 13.8 Å². The Bertz CT molecular complexity index is 729. The zero-order chi connectivity index (χ0) is 18.5. The van der Waals surface area contributed by atoms with Gasteiger partial charge in [-0.3, -0.25) is 14.7 Å². The van der Waals surface area contributed by atoms with Crippen molar-refractivity contribution < 1.29 is 4.79 Å². The second-order valence-electron chi connectivity index (χ2n) is 7.05. The summed E-state index contributed by atoms with van der Waals surface area (Å²) in [7, 11) is 2.15. The van der Waals surface area contributed by atoms with Gasteiger partial charge >= 0.3 is 0 Å². The van der Waals surface area contributed by atoms with Crippen LogP contribution in [-0.2, 0) is 6.54 Å². The molecule has 1 aliphatic heterocycles. The van der Waals surface area contributed by atoms with Gasteiger partial charge in [0.1, 0.15) is 11.5 Å². The molecule has 3 rings (SSSR count). The highest BCUT2D eigenvalue weighted by Gasteiger charge is 2.25. The molecule has 0 bridgehead atoms. The quantitative estimate of drug-likeness (QED) is 0.845. The molecule has 0 N–H and O–H groups in total. The molecule has 2 aromatic heterocycles. The summed E-state index contributed by atoms with van der Waals surface area (Å²) in [6, 6.07) is 8.27. The van der Waals surface area contributed by atoms with Gasteiger partial charge in [-0.2, -0.15) is 0 Å². The summed E-state index contributed by atoms with van der Waals surface area (Å²) in [5, 5.41) is 0. The first-order valence-electron chi connectivity index (χ1n) is 9.24. The Kier molecular flexibility index (Phi) is 5.93. The maximum atomic E-state index is 12.8. The van der Waals surface area contributed by atoms with Gasteiger partial charge in [-0.1, -0.05) is 6.07 Å². The van der Waals surface area contributed by atoms with Crippen LogP contribution in [0.1, 0.15) is 47.0 Å². The van der Waals surface area contributed by atoms with Crippen LogP contribution in [0.15, 0.2) is 30.5 Å². The van der Waals surface area contributed by atoms with Crippen LogP contribution < -0.4 is 0 Å². The molecule has 1 aliphatic rings.